The molecule has 0 radical (unpaired) electrons. The molecule has 2 nitrogen and oxygen atoms in total. The number of allylic oxidation sites excluding steroid dienone is 1. The van der Waals surface area contributed by atoms with Crippen LogP contribution in [-0.2, 0) is 11.2 Å². The zero-order valence-corrected chi connectivity index (χ0v) is 20.5. The van der Waals surface area contributed by atoms with Crippen molar-refractivity contribution >= 4 is 0 Å². The molecule has 2 unspecified atom stereocenters. The third kappa shape index (κ3) is 5.65. The molecule has 190 valence electrons. The summed E-state index contributed by atoms with van der Waals surface area (Å²) >= 11 is 0. The largest absolute Gasteiger partial charge is 0.491 e. The molecule has 3 aromatic carbocycles. The standard InChI is InChI=1S/C30H30F4O2/c1-3-5-22-13-10-20(18-36-22)7-6-19-8-11-21(12-9-19)23-14-15-24(28(32)27(23)31)25-16-17-26(35-4-2)30(34)29(25)33/h3,5,8-9,11-12,14-17,20,22H,4,6-7,10,13,18H2,1-2H3. The van der Waals surface area contributed by atoms with Crippen molar-refractivity contribution in [2.75, 3.05) is 13.2 Å². The molecule has 1 saturated heterocycles. The zero-order valence-electron chi connectivity index (χ0n) is 20.5. The summed E-state index contributed by atoms with van der Waals surface area (Å²) in [5.41, 5.74) is 0.969. The topological polar surface area (TPSA) is 18.5 Å². The van der Waals surface area contributed by atoms with E-state index in [9.17, 15) is 13.2 Å². The van der Waals surface area contributed by atoms with Crippen LogP contribution in [0.3, 0.4) is 0 Å². The lowest BCUT2D eigenvalue weighted by atomic mass is 9.91. The van der Waals surface area contributed by atoms with Crippen molar-refractivity contribution in [3.63, 3.8) is 0 Å². The van der Waals surface area contributed by atoms with Gasteiger partial charge in [0.25, 0.3) is 0 Å². The number of aryl methyl sites for hydroxylation is 1. The van der Waals surface area contributed by atoms with E-state index in [1.165, 1.54) is 24.3 Å². The second-order valence-electron chi connectivity index (χ2n) is 9.04. The average Bonchev–Trinajstić information content (AvgIpc) is 2.89. The van der Waals surface area contributed by atoms with Gasteiger partial charge in [0.15, 0.2) is 23.2 Å². The molecule has 36 heavy (non-hydrogen) atoms. The quantitative estimate of drug-likeness (QED) is 0.230. The lowest BCUT2D eigenvalue weighted by molar-refractivity contribution is 0.00862. The van der Waals surface area contributed by atoms with Gasteiger partial charge in [-0.15, -0.1) is 0 Å². The number of hydrogen-bond acceptors (Lipinski definition) is 2. The molecule has 4 rings (SSSR count). The van der Waals surface area contributed by atoms with Gasteiger partial charge in [-0.3, -0.25) is 0 Å². The summed E-state index contributed by atoms with van der Waals surface area (Å²) in [7, 11) is 0. The second-order valence-corrected chi connectivity index (χ2v) is 9.04. The molecule has 1 aliphatic rings. The van der Waals surface area contributed by atoms with Crippen LogP contribution >= 0.6 is 0 Å². The highest BCUT2D eigenvalue weighted by Gasteiger charge is 2.22. The van der Waals surface area contributed by atoms with Crippen LogP contribution in [0.1, 0.15) is 38.7 Å². The van der Waals surface area contributed by atoms with Gasteiger partial charge in [0.2, 0.25) is 5.82 Å². The van der Waals surface area contributed by atoms with Crippen molar-refractivity contribution in [2.24, 2.45) is 5.92 Å². The predicted molar refractivity (Wildman–Crippen MR) is 134 cm³/mol. The Morgan fingerprint density at radius 2 is 1.47 bits per heavy atom. The first-order valence-electron chi connectivity index (χ1n) is 12.4. The summed E-state index contributed by atoms with van der Waals surface area (Å²) in [5.74, 6) is -4.61. The molecule has 0 aliphatic carbocycles. The average molecular weight is 499 g/mol. The maximum atomic E-state index is 15.0. The molecule has 0 bridgehead atoms. The Morgan fingerprint density at radius 1 is 0.833 bits per heavy atom. The van der Waals surface area contributed by atoms with E-state index in [2.05, 4.69) is 6.08 Å². The Bertz CT molecular complexity index is 1210. The van der Waals surface area contributed by atoms with Gasteiger partial charge in [0, 0.05) is 16.7 Å². The predicted octanol–water partition coefficient (Wildman–Crippen LogP) is 8.28. The van der Waals surface area contributed by atoms with Gasteiger partial charge in [0.05, 0.1) is 19.3 Å². The minimum atomic E-state index is -1.28. The molecule has 0 aromatic heterocycles. The fraction of sp³-hybridized carbons (Fsp3) is 0.333. The maximum Gasteiger partial charge on any atom is 0.201 e. The van der Waals surface area contributed by atoms with E-state index in [-0.39, 0.29) is 35.2 Å². The summed E-state index contributed by atoms with van der Waals surface area (Å²) < 4.78 is 69.7. The molecule has 0 amide bonds. The van der Waals surface area contributed by atoms with E-state index in [0.29, 0.717) is 11.5 Å². The highest BCUT2D eigenvalue weighted by molar-refractivity contribution is 5.72. The van der Waals surface area contributed by atoms with E-state index < -0.39 is 23.3 Å². The van der Waals surface area contributed by atoms with Gasteiger partial charge in [0.1, 0.15) is 0 Å². The zero-order chi connectivity index (χ0) is 25.7. The number of ether oxygens (including phenoxy) is 2. The van der Waals surface area contributed by atoms with Gasteiger partial charge in [-0.1, -0.05) is 48.6 Å². The number of rotatable bonds is 8. The van der Waals surface area contributed by atoms with Crippen molar-refractivity contribution < 1.29 is 27.0 Å². The van der Waals surface area contributed by atoms with Gasteiger partial charge in [-0.2, -0.15) is 4.39 Å². The van der Waals surface area contributed by atoms with Crippen LogP contribution in [0, 0.1) is 29.2 Å². The third-order valence-corrected chi connectivity index (χ3v) is 6.64. The third-order valence-electron chi connectivity index (χ3n) is 6.64. The van der Waals surface area contributed by atoms with E-state index in [0.717, 1.165) is 37.9 Å². The monoisotopic (exact) mass is 498 g/mol. The van der Waals surface area contributed by atoms with Crippen molar-refractivity contribution in [2.45, 2.75) is 45.6 Å². The van der Waals surface area contributed by atoms with Gasteiger partial charge in [-0.25, -0.2) is 13.2 Å². The molecule has 0 saturated carbocycles. The van der Waals surface area contributed by atoms with Crippen LogP contribution in [0.25, 0.3) is 22.3 Å². The van der Waals surface area contributed by atoms with Crippen LogP contribution in [0.2, 0.25) is 0 Å². The Morgan fingerprint density at radius 3 is 2.11 bits per heavy atom. The Labute approximate surface area is 209 Å². The Hall–Kier alpha value is -3.12. The molecule has 1 heterocycles. The molecular formula is C30H30F4O2. The first-order chi connectivity index (χ1) is 17.4. The van der Waals surface area contributed by atoms with Gasteiger partial charge >= 0.3 is 0 Å². The smallest absolute Gasteiger partial charge is 0.201 e. The van der Waals surface area contributed by atoms with E-state index in [4.69, 9.17) is 9.47 Å². The minimum absolute atomic E-state index is 0.0605. The summed E-state index contributed by atoms with van der Waals surface area (Å²) in [4.78, 5) is 0. The van der Waals surface area contributed by atoms with Crippen LogP contribution in [-0.4, -0.2) is 19.3 Å². The molecular weight excluding hydrogens is 468 g/mol. The Kier molecular flexibility index (Phi) is 8.47. The van der Waals surface area contributed by atoms with Crippen LogP contribution in [0.4, 0.5) is 17.6 Å². The van der Waals surface area contributed by atoms with Crippen LogP contribution in [0.5, 0.6) is 5.75 Å². The fourth-order valence-corrected chi connectivity index (χ4v) is 4.63. The van der Waals surface area contributed by atoms with Crippen LogP contribution < -0.4 is 4.74 Å². The minimum Gasteiger partial charge on any atom is -0.491 e. The first-order valence-corrected chi connectivity index (χ1v) is 12.4. The number of hydrogen-bond donors (Lipinski definition) is 0. The molecule has 6 heteroatoms. The van der Waals surface area contributed by atoms with Crippen molar-refractivity contribution in [1.82, 2.24) is 0 Å². The fourth-order valence-electron chi connectivity index (χ4n) is 4.63. The highest BCUT2D eigenvalue weighted by atomic mass is 19.2. The van der Waals surface area contributed by atoms with Crippen molar-refractivity contribution in [1.29, 1.82) is 0 Å². The first kappa shape index (κ1) is 26.0. The SMILES string of the molecule is CC=CC1CCC(CCc2ccc(-c3ccc(-c4ccc(OCC)c(F)c4F)c(F)c3F)cc2)CO1. The lowest BCUT2D eigenvalue weighted by Crippen LogP contribution is -2.24. The second kappa shape index (κ2) is 11.7. The van der Waals surface area contributed by atoms with Crippen LogP contribution in [0.15, 0.2) is 60.7 Å². The molecule has 0 spiro atoms. The number of benzene rings is 3. The molecule has 1 fully saturated rings. The summed E-state index contributed by atoms with van der Waals surface area (Å²) in [5, 5.41) is 0. The summed E-state index contributed by atoms with van der Waals surface area (Å²) in [6.07, 6.45) is 8.37. The highest BCUT2D eigenvalue weighted by Crippen LogP contribution is 2.35. The molecule has 3 aromatic rings. The Balaban J connectivity index is 1.46. The van der Waals surface area contributed by atoms with E-state index in [1.54, 1.807) is 19.1 Å². The molecule has 1 aliphatic heterocycles. The van der Waals surface area contributed by atoms with E-state index >= 15 is 4.39 Å². The van der Waals surface area contributed by atoms with Crippen molar-refractivity contribution in [3.05, 3.63) is 89.5 Å². The van der Waals surface area contributed by atoms with E-state index in [1.807, 2.05) is 25.1 Å². The molecule has 0 N–H and O–H groups in total. The van der Waals surface area contributed by atoms with Gasteiger partial charge < -0.3 is 9.47 Å². The number of halogens is 4. The molecule has 2 atom stereocenters. The normalized spacial score (nSPS) is 18.1. The van der Waals surface area contributed by atoms with Crippen molar-refractivity contribution in [3.8, 4) is 28.0 Å². The lowest BCUT2D eigenvalue weighted by Gasteiger charge is -2.27. The van der Waals surface area contributed by atoms with Gasteiger partial charge in [-0.05, 0) is 68.7 Å². The maximum absolute atomic E-state index is 15.0. The summed E-state index contributed by atoms with van der Waals surface area (Å²) in [6.45, 7) is 4.54. The summed E-state index contributed by atoms with van der Waals surface area (Å²) in [6, 6.07) is 12.4.